The number of furan rings is 1. The number of Topliss-reactive ketones (excluding diaryl/α,β-unsaturated/α-hetero) is 2. The Hall–Kier alpha value is -3.53. The van der Waals surface area contributed by atoms with E-state index in [1.165, 1.54) is 53.7 Å². The molecule has 0 saturated heterocycles. The second kappa shape index (κ2) is 6.30. The lowest BCUT2D eigenvalue weighted by Gasteiger charge is -2.04. The van der Waals surface area contributed by atoms with Crippen molar-refractivity contribution in [1.82, 2.24) is 9.78 Å². The third-order valence-corrected chi connectivity index (χ3v) is 3.38. The van der Waals surface area contributed by atoms with Crippen LogP contribution in [0.4, 0.5) is 4.39 Å². The first-order chi connectivity index (χ1) is 11.6. The van der Waals surface area contributed by atoms with Crippen LogP contribution in [0.15, 0.2) is 59.5 Å². The Kier molecular flexibility index (Phi) is 4.03. The van der Waals surface area contributed by atoms with Gasteiger partial charge < -0.3 is 4.42 Å². The molecule has 0 N–H and O–H groups in total. The van der Waals surface area contributed by atoms with Gasteiger partial charge in [-0.15, -0.1) is 0 Å². The molecule has 0 bridgehead atoms. The number of carbonyl (C=O) groups is 2. The van der Waals surface area contributed by atoms with Crippen molar-refractivity contribution in [2.24, 2.45) is 5.92 Å². The minimum atomic E-state index is -1.55. The molecular formula is C17H10FN3O3. The van der Waals surface area contributed by atoms with Crippen LogP contribution < -0.4 is 0 Å². The number of benzene rings is 1. The van der Waals surface area contributed by atoms with Gasteiger partial charge in [0.1, 0.15) is 11.5 Å². The van der Waals surface area contributed by atoms with Crippen molar-refractivity contribution < 1.29 is 18.4 Å². The molecule has 2 aromatic heterocycles. The zero-order valence-corrected chi connectivity index (χ0v) is 12.2. The molecule has 0 aliphatic heterocycles. The van der Waals surface area contributed by atoms with E-state index in [9.17, 15) is 19.2 Å². The summed E-state index contributed by atoms with van der Waals surface area (Å²) in [5.74, 6) is -3.58. The molecule has 7 heteroatoms. The summed E-state index contributed by atoms with van der Waals surface area (Å²) in [4.78, 5) is 24.6. The number of hydrogen-bond acceptors (Lipinski definition) is 5. The monoisotopic (exact) mass is 323 g/mol. The summed E-state index contributed by atoms with van der Waals surface area (Å²) in [6.45, 7) is 0. The smallest absolute Gasteiger partial charge is 0.222 e. The Labute approximate surface area is 135 Å². The summed E-state index contributed by atoms with van der Waals surface area (Å²) in [5.41, 5.74) is 0.187. The molecule has 0 spiro atoms. The van der Waals surface area contributed by atoms with Crippen LogP contribution in [-0.4, -0.2) is 21.3 Å². The number of halogens is 1. The lowest BCUT2D eigenvalue weighted by molar-refractivity contribution is 0.0829. The van der Waals surface area contributed by atoms with Gasteiger partial charge in [0.2, 0.25) is 5.78 Å². The van der Waals surface area contributed by atoms with Gasteiger partial charge in [-0.1, -0.05) is 12.1 Å². The normalized spacial score (nSPS) is 11.7. The lowest BCUT2D eigenvalue weighted by Crippen LogP contribution is -2.22. The van der Waals surface area contributed by atoms with Gasteiger partial charge in [0.05, 0.1) is 24.1 Å². The quantitative estimate of drug-likeness (QED) is 0.532. The number of nitriles is 1. The molecule has 1 atom stereocenters. The number of rotatable bonds is 5. The molecule has 0 radical (unpaired) electrons. The summed E-state index contributed by atoms with van der Waals surface area (Å²) in [6, 6.07) is 10.5. The van der Waals surface area contributed by atoms with Gasteiger partial charge in [0, 0.05) is 6.20 Å². The third-order valence-electron chi connectivity index (χ3n) is 3.38. The predicted octanol–water partition coefficient (Wildman–Crippen LogP) is 2.81. The van der Waals surface area contributed by atoms with E-state index in [0.717, 1.165) is 0 Å². The van der Waals surface area contributed by atoms with Gasteiger partial charge in [-0.2, -0.15) is 10.4 Å². The predicted molar refractivity (Wildman–Crippen MR) is 80.0 cm³/mol. The van der Waals surface area contributed by atoms with E-state index < -0.39 is 23.3 Å². The topological polar surface area (TPSA) is 88.9 Å². The van der Waals surface area contributed by atoms with Crippen molar-refractivity contribution in [3.8, 4) is 11.8 Å². The van der Waals surface area contributed by atoms with E-state index in [1.807, 2.05) is 0 Å². The zero-order chi connectivity index (χ0) is 17.1. The second-order valence-electron chi connectivity index (χ2n) is 4.89. The first kappa shape index (κ1) is 15.4. The number of hydrogen-bond donors (Lipinski definition) is 0. The molecule has 118 valence electrons. The van der Waals surface area contributed by atoms with Crippen molar-refractivity contribution in [1.29, 1.82) is 5.26 Å². The third kappa shape index (κ3) is 2.73. The molecule has 1 aromatic carbocycles. The Bertz CT molecular complexity index is 938. The number of nitrogens with zero attached hydrogens (tertiary/aromatic N) is 3. The maximum Gasteiger partial charge on any atom is 0.222 e. The fourth-order valence-corrected chi connectivity index (χ4v) is 2.18. The standard InChI is InChI=1S/C17H10FN3O3/c18-13-4-1-2-5-14(13)21-10-11(9-20-21)16(22)12(8-19)17(23)15-6-3-7-24-15/h1-7,9-10,12H/t12-/m1/s1. The Balaban J connectivity index is 1.89. The molecule has 6 nitrogen and oxygen atoms in total. The summed E-state index contributed by atoms with van der Waals surface area (Å²) in [7, 11) is 0. The van der Waals surface area contributed by atoms with Crippen LogP contribution in [0.1, 0.15) is 20.9 Å². The maximum absolute atomic E-state index is 13.8. The minimum Gasteiger partial charge on any atom is -0.461 e. The lowest BCUT2D eigenvalue weighted by atomic mass is 9.95. The summed E-state index contributed by atoms with van der Waals surface area (Å²) in [6.07, 6.45) is 3.75. The van der Waals surface area contributed by atoms with Crippen LogP contribution in [0.2, 0.25) is 0 Å². The van der Waals surface area contributed by atoms with E-state index in [0.29, 0.717) is 0 Å². The summed E-state index contributed by atoms with van der Waals surface area (Å²) in [5, 5.41) is 13.1. The first-order valence-corrected chi connectivity index (χ1v) is 6.93. The summed E-state index contributed by atoms with van der Waals surface area (Å²) >= 11 is 0. The van der Waals surface area contributed by atoms with Crippen LogP contribution in [0.25, 0.3) is 5.69 Å². The van der Waals surface area contributed by atoms with Gasteiger partial charge in [0.25, 0.3) is 0 Å². The van der Waals surface area contributed by atoms with Crippen molar-refractivity contribution in [2.45, 2.75) is 0 Å². The van der Waals surface area contributed by atoms with Crippen LogP contribution in [-0.2, 0) is 0 Å². The fraction of sp³-hybridized carbons (Fsp3) is 0.0588. The maximum atomic E-state index is 13.8. The first-order valence-electron chi connectivity index (χ1n) is 6.93. The van der Waals surface area contributed by atoms with Gasteiger partial charge in [-0.25, -0.2) is 9.07 Å². The van der Waals surface area contributed by atoms with Crippen LogP contribution in [0.3, 0.4) is 0 Å². The number of ketones is 2. The van der Waals surface area contributed by atoms with E-state index in [2.05, 4.69) is 5.10 Å². The Morgan fingerprint density at radius 3 is 2.67 bits per heavy atom. The van der Waals surface area contributed by atoms with Crippen molar-refractivity contribution in [3.05, 3.63) is 72.2 Å². The minimum absolute atomic E-state index is 0.0321. The Morgan fingerprint density at radius 1 is 1.21 bits per heavy atom. The molecule has 0 unspecified atom stereocenters. The number of para-hydroxylation sites is 1. The molecule has 0 fully saturated rings. The summed E-state index contributed by atoms with van der Waals surface area (Å²) < 4.78 is 19.9. The molecule has 0 amide bonds. The highest BCUT2D eigenvalue weighted by molar-refractivity contribution is 6.17. The van der Waals surface area contributed by atoms with Crippen molar-refractivity contribution >= 4 is 11.6 Å². The molecule has 0 aliphatic carbocycles. The van der Waals surface area contributed by atoms with Gasteiger partial charge in [-0.05, 0) is 24.3 Å². The zero-order valence-electron chi connectivity index (χ0n) is 12.2. The van der Waals surface area contributed by atoms with E-state index in [4.69, 9.17) is 4.42 Å². The average molecular weight is 323 g/mol. The molecule has 0 saturated carbocycles. The van der Waals surface area contributed by atoms with Crippen molar-refractivity contribution in [2.75, 3.05) is 0 Å². The number of carbonyl (C=O) groups excluding carboxylic acids is 2. The SMILES string of the molecule is N#C[C@H](C(=O)c1cnn(-c2ccccc2F)c1)C(=O)c1ccco1. The van der Waals surface area contributed by atoms with Crippen LogP contribution >= 0.6 is 0 Å². The van der Waals surface area contributed by atoms with Gasteiger partial charge in [-0.3, -0.25) is 9.59 Å². The van der Waals surface area contributed by atoms with E-state index in [1.54, 1.807) is 12.1 Å². The molecule has 3 aromatic rings. The fourth-order valence-electron chi connectivity index (χ4n) is 2.18. The molecule has 24 heavy (non-hydrogen) atoms. The van der Waals surface area contributed by atoms with Gasteiger partial charge in [0.15, 0.2) is 17.5 Å². The molecule has 3 rings (SSSR count). The highest BCUT2D eigenvalue weighted by Crippen LogP contribution is 2.17. The van der Waals surface area contributed by atoms with Crippen LogP contribution in [0, 0.1) is 23.1 Å². The largest absolute Gasteiger partial charge is 0.461 e. The Morgan fingerprint density at radius 2 is 2.00 bits per heavy atom. The number of aromatic nitrogens is 2. The second-order valence-corrected chi connectivity index (χ2v) is 4.89. The van der Waals surface area contributed by atoms with Crippen molar-refractivity contribution in [3.63, 3.8) is 0 Å². The molecule has 2 heterocycles. The highest BCUT2D eigenvalue weighted by Gasteiger charge is 2.31. The van der Waals surface area contributed by atoms with E-state index in [-0.39, 0.29) is 17.0 Å². The molecule has 0 aliphatic rings. The average Bonchev–Trinajstić information content (AvgIpc) is 3.27. The van der Waals surface area contributed by atoms with E-state index >= 15 is 0 Å². The van der Waals surface area contributed by atoms with Crippen LogP contribution in [0.5, 0.6) is 0 Å². The van der Waals surface area contributed by atoms with Gasteiger partial charge >= 0.3 is 0 Å². The molecular weight excluding hydrogens is 313 g/mol. The highest BCUT2D eigenvalue weighted by atomic mass is 19.1.